The lowest BCUT2D eigenvalue weighted by Crippen LogP contribution is -2.24. The Morgan fingerprint density at radius 1 is 1.12 bits per heavy atom. The second-order valence-corrected chi connectivity index (χ2v) is 5.18. The summed E-state index contributed by atoms with van der Waals surface area (Å²) in [5, 5.41) is 0. The maximum absolute atomic E-state index is 4.51. The van der Waals surface area contributed by atoms with Gasteiger partial charge in [-0.05, 0) is 44.6 Å². The topological polar surface area (TPSA) is 19.4 Å². The number of nitrogens with zero attached hydrogens (tertiary/aromatic N) is 3. The van der Waals surface area contributed by atoms with Crippen molar-refractivity contribution in [2.24, 2.45) is 0 Å². The van der Waals surface area contributed by atoms with Crippen molar-refractivity contribution in [3.63, 3.8) is 0 Å². The molecule has 0 atom stereocenters. The van der Waals surface area contributed by atoms with Crippen molar-refractivity contribution >= 4 is 5.82 Å². The molecule has 0 N–H and O–H groups in total. The van der Waals surface area contributed by atoms with Crippen molar-refractivity contribution in [2.45, 2.75) is 26.2 Å². The van der Waals surface area contributed by atoms with Crippen LogP contribution in [0.25, 0.3) is 0 Å². The normalized spacial score (nSPS) is 11.2. The zero-order chi connectivity index (χ0) is 12.8. The van der Waals surface area contributed by atoms with E-state index in [0.29, 0.717) is 5.92 Å². The predicted molar refractivity (Wildman–Crippen MR) is 74.8 cm³/mol. The molecule has 0 aromatic carbocycles. The highest BCUT2D eigenvalue weighted by Gasteiger charge is 2.04. The van der Waals surface area contributed by atoms with Crippen LogP contribution in [0.5, 0.6) is 0 Å². The van der Waals surface area contributed by atoms with Crippen LogP contribution in [0.4, 0.5) is 5.82 Å². The maximum atomic E-state index is 4.51. The van der Waals surface area contributed by atoms with Crippen molar-refractivity contribution in [3.05, 3.63) is 23.9 Å². The van der Waals surface area contributed by atoms with Crippen LogP contribution in [0.15, 0.2) is 18.3 Å². The number of pyridine rings is 1. The van der Waals surface area contributed by atoms with Gasteiger partial charge in [-0.1, -0.05) is 19.9 Å². The molecule has 0 bridgehead atoms. The quantitative estimate of drug-likeness (QED) is 0.755. The third kappa shape index (κ3) is 4.73. The zero-order valence-corrected chi connectivity index (χ0v) is 11.8. The van der Waals surface area contributed by atoms with Crippen molar-refractivity contribution < 1.29 is 0 Å². The number of hydrogen-bond donors (Lipinski definition) is 0. The molecule has 0 aliphatic heterocycles. The first-order valence-electron chi connectivity index (χ1n) is 6.32. The van der Waals surface area contributed by atoms with E-state index in [1.807, 2.05) is 6.20 Å². The lowest BCUT2D eigenvalue weighted by Gasteiger charge is -2.19. The lowest BCUT2D eigenvalue weighted by atomic mass is 10.1. The molecule has 96 valence electrons. The van der Waals surface area contributed by atoms with Crippen LogP contribution in [-0.4, -0.2) is 44.1 Å². The highest BCUT2D eigenvalue weighted by atomic mass is 15.2. The van der Waals surface area contributed by atoms with Crippen LogP contribution in [0.1, 0.15) is 31.7 Å². The average molecular weight is 235 g/mol. The molecular formula is C14H25N3. The lowest BCUT2D eigenvalue weighted by molar-refractivity contribution is 0.401. The predicted octanol–water partition coefficient (Wildman–Crippen LogP) is 2.59. The summed E-state index contributed by atoms with van der Waals surface area (Å²) in [5.41, 5.74) is 1.30. The molecule has 0 aliphatic rings. The largest absolute Gasteiger partial charge is 0.360 e. The Bertz CT molecular complexity index is 317. The second kappa shape index (κ2) is 6.60. The van der Waals surface area contributed by atoms with Crippen molar-refractivity contribution in [1.82, 2.24) is 9.88 Å². The van der Waals surface area contributed by atoms with Crippen molar-refractivity contribution in [2.75, 3.05) is 39.1 Å². The van der Waals surface area contributed by atoms with E-state index >= 15 is 0 Å². The number of anilines is 1. The van der Waals surface area contributed by atoms with Crippen LogP contribution in [0.2, 0.25) is 0 Å². The molecule has 0 unspecified atom stereocenters. The van der Waals surface area contributed by atoms with Crippen LogP contribution in [-0.2, 0) is 0 Å². The summed E-state index contributed by atoms with van der Waals surface area (Å²) < 4.78 is 0. The van der Waals surface area contributed by atoms with E-state index in [1.165, 1.54) is 5.56 Å². The van der Waals surface area contributed by atoms with E-state index in [2.05, 4.69) is 61.9 Å². The Balaban J connectivity index is 2.48. The molecule has 0 saturated heterocycles. The average Bonchev–Trinajstić information content (AvgIpc) is 2.28. The van der Waals surface area contributed by atoms with E-state index in [9.17, 15) is 0 Å². The van der Waals surface area contributed by atoms with Gasteiger partial charge in [-0.3, -0.25) is 0 Å². The summed E-state index contributed by atoms with van der Waals surface area (Å²) in [5.74, 6) is 1.61. The number of rotatable bonds is 6. The van der Waals surface area contributed by atoms with Crippen molar-refractivity contribution in [1.29, 1.82) is 0 Å². The van der Waals surface area contributed by atoms with Gasteiger partial charge in [0.15, 0.2) is 0 Å². The van der Waals surface area contributed by atoms with Gasteiger partial charge in [0.2, 0.25) is 0 Å². The van der Waals surface area contributed by atoms with Gasteiger partial charge in [-0.15, -0.1) is 0 Å². The third-order valence-corrected chi connectivity index (χ3v) is 2.93. The monoisotopic (exact) mass is 235 g/mol. The summed E-state index contributed by atoms with van der Waals surface area (Å²) in [6.45, 7) is 6.55. The minimum absolute atomic E-state index is 0.551. The standard InChI is InChI=1S/C14H25N3/c1-12(2)13-7-8-14(15-11-13)17(5)10-6-9-16(3)4/h7-8,11-12H,6,9-10H2,1-5H3. The fourth-order valence-electron chi connectivity index (χ4n) is 1.70. The smallest absolute Gasteiger partial charge is 0.128 e. The molecule has 1 rings (SSSR count). The molecule has 3 heteroatoms. The van der Waals surface area contributed by atoms with Gasteiger partial charge in [0.05, 0.1) is 0 Å². The summed E-state index contributed by atoms with van der Waals surface area (Å²) in [7, 11) is 6.32. The molecule has 1 aromatic heterocycles. The molecular weight excluding hydrogens is 210 g/mol. The highest BCUT2D eigenvalue weighted by Crippen LogP contribution is 2.16. The van der Waals surface area contributed by atoms with Crippen LogP contribution in [0.3, 0.4) is 0 Å². The Hall–Kier alpha value is -1.09. The van der Waals surface area contributed by atoms with E-state index in [4.69, 9.17) is 0 Å². The van der Waals surface area contributed by atoms with Crippen molar-refractivity contribution in [3.8, 4) is 0 Å². The summed E-state index contributed by atoms with van der Waals surface area (Å²) in [6.07, 6.45) is 3.15. The zero-order valence-electron chi connectivity index (χ0n) is 11.8. The number of hydrogen-bond acceptors (Lipinski definition) is 3. The molecule has 3 nitrogen and oxygen atoms in total. The minimum Gasteiger partial charge on any atom is -0.360 e. The first-order valence-corrected chi connectivity index (χ1v) is 6.32. The first kappa shape index (κ1) is 14.0. The van der Waals surface area contributed by atoms with Crippen LogP contribution >= 0.6 is 0 Å². The van der Waals surface area contributed by atoms with E-state index < -0.39 is 0 Å². The van der Waals surface area contributed by atoms with E-state index in [1.54, 1.807) is 0 Å². The first-order chi connectivity index (χ1) is 8.00. The molecule has 0 spiro atoms. The van der Waals surface area contributed by atoms with Gasteiger partial charge in [0.1, 0.15) is 5.82 Å². The van der Waals surface area contributed by atoms with Crippen LogP contribution in [0, 0.1) is 0 Å². The van der Waals surface area contributed by atoms with Gasteiger partial charge in [0.25, 0.3) is 0 Å². The maximum Gasteiger partial charge on any atom is 0.128 e. The fourth-order valence-corrected chi connectivity index (χ4v) is 1.70. The molecule has 0 aliphatic carbocycles. The van der Waals surface area contributed by atoms with Gasteiger partial charge in [-0.25, -0.2) is 4.98 Å². The van der Waals surface area contributed by atoms with Gasteiger partial charge < -0.3 is 9.80 Å². The van der Waals surface area contributed by atoms with Crippen LogP contribution < -0.4 is 4.90 Å². The summed E-state index contributed by atoms with van der Waals surface area (Å²) >= 11 is 0. The summed E-state index contributed by atoms with van der Waals surface area (Å²) in [6, 6.07) is 4.29. The van der Waals surface area contributed by atoms with E-state index in [-0.39, 0.29) is 0 Å². The molecule has 0 saturated carbocycles. The molecule has 0 radical (unpaired) electrons. The SMILES string of the molecule is CC(C)c1ccc(N(C)CCCN(C)C)nc1. The Morgan fingerprint density at radius 2 is 1.82 bits per heavy atom. The van der Waals surface area contributed by atoms with E-state index in [0.717, 1.165) is 25.3 Å². The molecule has 1 heterocycles. The third-order valence-electron chi connectivity index (χ3n) is 2.93. The Morgan fingerprint density at radius 3 is 2.29 bits per heavy atom. The minimum atomic E-state index is 0.551. The Kier molecular flexibility index (Phi) is 5.42. The van der Waals surface area contributed by atoms with Gasteiger partial charge in [-0.2, -0.15) is 0 Å². The molecule has 1 aromatic rings. The molecule has 17 heavy (non-hydrogen) atoms. The highest BCUT2D eigenvalue weighted by molar-refractivity contribution is 5.38. The molecule has 0 fully saturated rings. The Labute approximate surface area is 105 Å². The fraction of sp³-hybridized carbons (Fsp3) is 0.643. The second-order valence-electron chi connectivity index (χ2n) is 5.18. The van der Waals surface area contributed by atoms with Gasteiger partial charge >= 0.3 is 0 Å². The number of aromatic nitrogens is 1. The molecule has 0 amide bonds. The van der Waals surface area contributed by atoms with Gasteiger partial charge in [0, 0.05) is 19.8 Å². The summed E-state index contributed by atoms with van der Waals surface area (Å²) in [4.78, 5) is 8.94.